The predicted octanol–water partition coefficient (Wildman–Crippen LogP) is 2.85. The highest BCUT2D eigenvalue weighted by molar-refractivity contribution is 7.91. The summed E-state index contributed by atoms with van der Waals surface area (Å²) in [6.45, 7) is 3.72. The van der Waals surface area contributed by atoms with Crippen LogP contribution < -0.4 is 0 Å². The number of nitrogens with zero attached hydrogens (tertiary/aromatic N) is 2. The Balaban J connectivity index is 1.47. The molecule has 1 fully saturated rings. The molecule has 0 aromatic heterocycles. The van der Waals surface area contributed by atoms with Crippen molar-refractivity contribution in [2.24, 2.45) is 0 Å². The van der Waals surface area contributed by atoms with Crippen molar-refractivity contribution in [1.82, 2.24) is 9.80 Å². The van der Waals surface area contributed by atoms with Crippen LogP contribution in [0.15, 0.2) is 59.5 Å². The maximum atomic E-state index is 12.4. The van der Waals surface area contributed by atoms with E-state index in [0.29, 0.717) is 18.1 Å². The third-order valence-electron chi connectivity index (χ3n) is 4.73. The summed E-state index contributed by atoms with van der Waals surface area (Å²) in [5.74, 6) is -0.288. The molecule has 0 unspecified atom stereocenters. The van der Waals surface area contributed by atoms with Gasteiger partial charge in [-0.05, 0) is 29.8 Å². The Hall–Kier alpha value is -1.89. The van der Waals surface area contributed by atoms with Gasteiger partial charge in [0.05, 0.1) is 10.6 Å². The van der Waals surface area contributed by atoms with Crippen molar-refractivity contribution in [3.8, 4) is 0 Å². The lowest BCUT2D eigenvalue weighted by Crippen LogP contribution is -2.48. The number of rotatable bonds is 6. The first kappa shape index (κ1) is 19.9. The second-order valence-electron chi connectivity index (χ2n) is 6.67. The molecule has 1 aliphatic rings. The van der Waals surface area contributed by atoms with Gasteiger partial charge >= 0.3 is 0 Å². The molecule has 1 aliphatic heterocycles. The molecule has 144 valence electrons. The Morgan fingerprint density at radius 1 is 0.926 bits per heavy atom. The van der Waals surface area contributed by atoms with E-state index in [9.17, 15) is 13.2 Å². The van der Waals surface area contributed by atoms with E-state index in [4.69, 9.17) is 11.6 Å². The van der Waals surface area contributed by atoms with Crippen molar-refractivity contribution in [3.05, 3.63) is 65.2 Å². The van der Waals surface area contributed by atoms with Gasteiger partial charge in [0.15, 0.2) is 9.84 Å². The van der Waals surface area contributed by atoms with Crippen LogP contribution >= 0.6 is 11.6 Å². The molecule has 2 aromatic rings. The molecule has 0 spiro atoms. The van der Waals surface area contributed by atoms with Gasteiger partial charge in [-0.25, -0.2) is 8.42 Å². The van der Waals surface area contributed by atoms with Gasteiger partial charge in [0, 0.05) is 44.2 Å². The molecule has 0 saturated carbocycles. The highest BCUT2D eigenvalue weighted by atomic mass is 35.5. The average molecular weight is 407 g/mol. The predicted molar refractivity (Wildman–Crippen MR) is 106 cm³/mol. The van der Waals surface area contributed by atoms with Gasteiger partial charge < -0.3 is 4.90 Å². The van der Waals surface area contributed by atoms with Crippen molar-refractivity contribution < 1.29 is 13.2 Å². The summed E-state index contributed by atoms with van der Waals surface area (Å²) in [4.78, 5) is 16.7. The number of carbonyl (C=O) groups excluding carboxylic acids is 1. The topological polar surface area (TPSA) is 57.7 Å². The first-order chi connectivity index (χ1) is 12.9. The zero-order valence-electron chi connectivity index (χ0n) is 15.1. The average Bonchev–Trinajstić information content (AvgIpc) is 2.68. The van der Waals surface area contributed by atoms with Gasteiger partial charge in [-0.2, -0.15) is 0 Å². The molecule has 0 bridgehead atoms. The molecule has 0 aliphatic carbocycles. The molecule has 5 nitrogen and oxygen atoms in total. The summed E-state index contributed by atoms with van der Waals surface area (Å²) < 4.78 is 24.7. The first-order valence-corrected chi connectivity index (χ1v) is 11.0. The SMILES string of the molecule is O=C(CCS(=O)(=O)c1ccc(Cl)cc1)N1CCN(Cc2ccccc2)CC1. The zero-order chi connectivity index (χ0) is 19.3. The Kier molecular flexibility index (Phi) is 6.52. The third-order valence-corrected chi connectivity index (χ3v) is 6.72. The smallest absolute Gasteiger partial charge is 0.223 e. The van der Waals surface area contributed by atoms with E-state index in [1.807, 2.05) is 18.2 Å². The summed E-state index contributed by atoms with van der Waals surface area (Å²) in [5.41, 5.74) is 1.26. The lowest BCUT2D eigenvalue weighted by atomic mass is 10.2. The maximum Gasteiger partial charge on any atom is 0.223 e. The van der Waals surface area contributed by atoms with E-state index in [1.54, 1.807) is 17.0 Å². The van der Waals surface area contributed by atoms with Crippen LogP contribution in [-0.4, -0.2) is 56.1 Å². The van der Waals surface area contributed by atoms with Gasteiger partial charge in [0.2, 0.25) is 5.91 Å². The van der Waals surface area contributed by atoms with Crippen molar-refractivity contribution in [3.63, 3.8) is 0 Å². The summed E-state index contributed by atoms with van der Waals surface area (Å²) in [5, 5.41) is 0.485. The minimum absolute atomic E-state index is 0.00362. The van der Waals surface area contributed by atoms with E-state index in [0.717, 1.165) is 19.6 Å². The molecule has 0 atom stereocenters. The molecule has 1 amide bonds. The highest BCUT2D eigenvalue weighted by Gasteiger charge is 2.23. The molecule has 0 radical (unpaired) electrons. The fraction of sp³-hybridized carbons (Fsp3) is 0.350. The number of sulfone groups is 1. The largest absolute Gasteiger partial charge is 0.340 e. The lowest BCUT2D eigenvalue weighted by Gasteiger charge is -2.34. The minimum atomic E-state index is -3.48. The van der Waals surface area contributed by atoms with E-state index >= 15 is 0 Å². The van der Waals surface area contributed by atoms with Crippen LogP contribution in [0, 0.1) is 0 Å². The van der Waals surface area contributed by atoms with Gasteiger partial charge in [-0.15, -0.1) is 0 Å². The summed E-state index contributed by atoms with van der Waals surface area (Å²) in [6, 6.07) is 16.3. The number of benzene rings is 2. The third kappa shape index (κ3) is 5.54. The monoisotopic (exact) mass is 406 g/mol. The Morgan fingerprint density at radius 2 is 1.56 bits per heavy atom. The molecule has 1 saturated heterocycles. The van der Waals surface area contributed by atoms with Crippen LogP contribution in [0.25, 0.3) is 0 Å². The number of hydrogen-bond donors (Lipinski definition) is 0. The molecule has 1 heterocycles. The fourth-order valence-corrected chi connectivity index (χ4v) is 4.49. The maximum absolute atomic E-state index is 12.4. The highest BCUT2D eigenvalue weighted by Crippen LogP contribution is 2.17. The second kappa shape index (κ2) is 8.87. The van der Waals surface area contributed by atoms with E-state index in [-0.39, 0.29) is 23.0 Å². The van der Waals surface area contributed by atoms with Crippen LogP contribution in [-0.2, 0) is 21.2 Å². The molecule has 27 heavy (non-hydrogen) atoms. The van der Waals surface area contributed by atoms with Crippen molar-refractivity contribution in [2.45, 2.75) is 17.9 Å². The van der Waals surface area contributed by atoms with E-state index in [1.165, 1.54) is 17.7 Å². The molecule has 0 N–H and O–H groups in total. The van der Waals surface area contributed by atoms with Gasteiger partial charge in [0.25, 0.3) is 0 Å². The molecular formula is C20H23ClN2O3S. The van der Waals surface area contributed by atoms with Gasteiger partial charge in [-0.1, -0.05) is 41.9 Å². The molecule has 3 rings (SSSR count). The van der Waals surface area contributed by atoms with Crippen molar-refractivity contribution in [2.75, 3.05) is 31.9 Å². The Morgan fingerprint density at radius 3 is 2.19 bits per heavy atom. The van der Waals surface area contributed by atoms with Crippen LogP contribution in [0.1, 0.15) is 12.0 Å². The van der Waals surface area contributed by atoms with Crippen molar-refractivity contribution in [1.29, 1.82) is 0 Å². The molecule has 2 aromatic carbocycles. The Bertz CT molecular complexity index is 862. The fourth-order valence-electron chi connectivity index (χ4n) is 3.14. The second-order valence-corrected chi connectivity index (χ2v) is 9.21. The number of hydrogen-bond acceptors (Lipinski definition) is 4. The Labute approximate surface area is 165 Å². The van der Waals surface area contributed by atoms with Crippen LogP contribution in [0.4, 0.5) is 0 Å². The van der Waals surface area contributed by atoms with Crippen LogP contribution in [0.2, 0.25) is 5.02 Å². The van der Waals surface area contributed by atoms with Crippen molar-refractivity contribution >= 4 is 27.3 Å². The lowest BCUT2D eigenvalue weighted by molar-refractivity contribution is -0.132. The van der Waals surface area contributed by atoms with Crippen LogP contribution in [0.5, 0.6) is 0 Å². The summed E-state index contributed by atoms with van der Waals surface area (Å²) in [6.07, 6.45) is 0.00362. The number of carbonyl (C=O) groups is 1. The molecule has 7 heteroatoms. The molecular weight excluding hydrogens is 384 g/mol. The van der Waals surface area contributed by atoms with Gasteiger partial charge in [0.1, 0.15) is 0 Å². The zero-order valence-corrected chi connectivity index (χ0v) is 16.6. The number of halogens is 1. The standard InChI is InChI=1S/C20H23ClN2O3S/c21-18-6-8-19(9-7-18)27(25,26)15-10-20(24)23-13-11-22(12-14-23)16-17-4-2-1-3-5-17/h1-9H,10-16H2. The quantitative estimate of drug-likeness (QED) is 0.740. The van der Waals surface area contributed by atoms with E-state index < -0.39 is 9.84 Å². The number of amides is 1. The van der Waals surface area contributed by atoms with Crippen LogP contribution in [0.3, 0.4) is 0 Å². The summed E-state index contributed by atoms with van der Waals surface area (Å²) >= 11 is 5.79. The number of piperazine rings is 1. The summed E-state index contributed by atoms with van der Waals surface area (Å²) in [7, 11) is -3.48. The normalized spacial score (nSPS) is 15.7. The van der Waals surface area contributed by atoms with Gasteiger partial charge in [-0.3, -0.25) is 9.69 Å². The minimum Gasteiger partial charge on any atom is -0.340 e. The van der Waals surface area contributed by atoms with E-state index in [2.05, 4.69) is 17.0 Å². The first-order valence-electron chi connectivity index (χ1n) is 8.96.